The van der Waals surface area contributed by atoms with Crippen LogP contribution in [0.4, 0.5) is 4.39 Å². The maximum absolute atomic E-state index is 13.1. The Kier molecular flexibility index (Phi) is 4.73. The number of amides is 1. The maximum atomic E-state index is 13.1. The van der Waals surface area contributed by atoms with E-state index in [9.17, 15) is 19.4 Å². The summed E-state index contributed by atoms with van der Waals surface area (Å²) in [7, 11) is 0. The number of hydrogen-bond donors (Lipinski definition) is 3. The maximum Gasteiger partial charge on any atom is 0.251 e. The molecule has 6 heteroatoms. The van der Waals surface area contributed by atoms with Gasteiger partial charge in [-0.3, -0.25) is 4.79 Å². The molecule has 5 nitrogen and oxygen atoms in total. The van der Waals surface area contributed by atoms with Gasteiger partial charge in [0.15, 0.2) is 0 Å². The average Bonchev–Trinajstić information content (AvgIpc) is 2.58. The molecule has 3 rings (SSSR count). The molecule has 2 aromatic rings. The molecule has 1 unspecified atom stereocenters. The number of fused-ring (bicyclic) bond motifs is 1. The molecular weight excluding hydrogens is 337 g/mol. The van der Waals surface area contributed by atoms with Crippen molar-refractivity contribution >= 4 is 5.91 Å². The molecule has 3 N–H and O–H groups in total. The number of halogens is 1. The van der Waals surface area contributed by atoms with Gasteiger partial charge in [0.1, 0.15) is 23.3 Å². The number of hydrogen-bond acceptors (Lipinski definition) is 4. The molecule has 138 valence electrons. The Balaban J connectivity index is 1.97. The van der Waals surface area contributed by atoms with Gasteiger partial charge in [0.05, 0.1) is 12.1 Å². The third-order valence-corrected chi connectivity index (χ3v) is 4.65. The van der Waals surface area contributed by atoms with Crippen LogP contribution in [-0.4, -0.2) is 27.8 Å². The number of benzene rings is 2. The first-order chi connectivity index (χ1) is 12.2. The molecular formula is C20H22FNO4. The fourth-order valence-electron chi connectivity index (χ4n) is 3.06. The lowest BCUT2D eigenvalue weighted by molar-refractivity contribution is -0.0628. The summed E-state index contributed by atoms with van der Waals surface area (Å²) in [6.07, 6.45) is -1.70. The van der Waals surface area contributed by atoms with Crippen LogP contribution < -0.4 is 10.1 Å². The Morgan fingerprint density at radius 1 is 1.23 bits per heavy atom. The monoisotopic (exact) mass is 359 g/mol. The molecule has 1 aliphatic rings. The van der Waals surface area contributed by atoms with E-state index in [-0.39, 0.29) is 5.56 Å². The Bertz CT molecular complexity index is 817. The molecule has 0 fully saturated rings. The van der Waals surface area contributed by atoms with Crippen LogP contribution >= 0.6 is 0 Å². The van der Waals surface area contributed by atoms with Gasteiger partial charge in [-0.15, -0.1) is 0 Å². The molecule has 0 saturated carbocycles. The number of carbonyl (C=O) groups excluding carboxylic acids is 1. The highest BCUT2D eigenvalue weighted by molar-refractivity contribution is 5.94. The van der Waals surface area contributed by atoms with Crippen molar-refractivity contribution in [3.05, 3.63) is 65.0 Å². The average molecular weight is 359 g/mol. The Morgan fingerprint density at radius 2 is 1.88 bits per heavy atom. The van der Waals surface area contributed by atoms with Gasteiger partial charge in [-0.1, -0.05) is 6.07 Å². The third kappa shape index (κ3) is 3.43. The lowest BCUT2D eigenvalue weighted by Crippen LogP contribution is -2.53. The molecule has 0 radical (unpaired) electrons. The SMILES string of the molecule is CC(O)c1ccc2c(c1)[C@@H](NC(=O)c1ccc(F)cc1)[C@H](O)C(C)(C)O2. The van der Waals surface area contributed by atoms with Crippen LogP contribution in [0.2, 0.25) is 0 Å². The van der Waals surface area contributed by atoms with Crippen molar-refractivity contribution in [1.82, 2.24) is 5.32 Å². The lowest BCUT2D eigenvalue weighted by atomic mass is 9.85. The van der Waals surface area contributed by atoms with E-state index in [1.54, 1.807) is 39.0 Å². The zero-order valence-corrected chi connectivity index (χ0v) is 14.9. The molecule has 0 aliphatic carbocycles. The van der Waals surface area contributed by atoms with Gasteiger partial charge in [0, 0.05) is 11.1 Å². The first kappa shape index (κ1) is 18.4. The molecule has 1 heterocycles. The van der Waals surface area contributed by atoms with Crippen molar-refractivity contribution in [2.24, 2.45) is 0 Å². The highest BCUT2D eigenvalue weighted by atomic mass is 19.1. The van der Waals surface area contributed by atoms with Crippen LogP contribution in [0.1, 0.15) is 54.4 Å². The molecule has 1 aliphatic heterocycles. The third-order valence-electron chi connectivity index (χ3n) is 4.65. The highest BCUT2D eigenvalue weighted by Gasteiger charge is 2.43. The topological polar surface area (TPSA) is 78.8 Å². The Labute approximate surface area is 151 Å². The molecule has 26 heavy (non-hydrogen) atoms. The van der Waals surface area contributed by atoms with Crippen molar-refractivity contribution < 1.29 is 24.1 Å². The second kappa shape index (κ2) is 6.70. The molecule has 0 bridgehead atoms. The van der Waals surface area contributed by atoms with Gasteiger partial charge in [0.2, 0.25) is 0 Å². The van der Waals surface area contributed by atoms with Gasteiger partial charge >= 0.3 is 0 Å². The fraction of sp³-hybridized carbons (Fsp3) is 0.350. The standard InChI is InChI=1S/C20H22FNO4/c1-11(23)13-6-9-16-15(10-13)17(18(24)20(2,3)26-16)22-19(25)12-4-7-14(21)8-5-12/h4-11,17-18,23-24H,1-3H3,(H,22,25)/t11?,17-,18+/m1/s1. The molecule has 1 amide bonds. The van der Waals surface area contributed by atoms with Crippen LogP contribution in [0.15, 0.2) is 42.5 Å². The zero-order valence-electron chi connectivity index (χ0n) is 14.9. The Hall–Kier alpha value is -2.44. The molecule has 0 aromatic heterocycles. The summed E-state index contributed by atoms with van der Waals surface area (Å²) < 4.78 is 18.9. The number of aliphatic hydroxyl groups is 2. The smallest absolute Gasteiger partial charge is 0.251 e. The van der Waals surface area contributed by atoms with E-state index in [0.717, 1.165) is 0 Å². The Morgan fingerprint density at radius 3 is 2.50 bits per heavy atom. The quantitative estimate of drug-likeness (QED) is 0.787. The summed E-state index contributed by atoms with van der Waals surface area (Å²) in [5, 5.41) is 23.4. The number of nitrogens with one attached hydrogen (secondary N) is 1. The van der Waals surface area contributed by atoms with Gasteiger partial charge < -0.3 is 20.3 Å². The first-order valence-corrected chi connectivity index (χ1v) is 8.44. The molecule has 0 spiro atoms. The highest BCUT2D eigenvalue weighted by Crippen LogP contribution is 2.41. The number of carbonyl (C=O) groups is 1. The van der Waals surface area contributed by atoms with Crippen molar-refractivity contribution in [3.8, 4) is 5.75 Å². The van der Waals surface area contributed by atoms with Gasteiger partial charge in [0.25, 0.3) is 5.91 Å². The van der Waals surface area contributed by atoms with E-state index in [2.05, 4.69) is 5.32 Å². The first-order valence-electron chi connectivity index (χ1n) is 8.44. The van der Waals surface area contributed by atoms with E-state index >= 15 is 0 Å². The minimum absolute atomic E-state index is 0.288. The minimum Gasteiger partial charge on any atom is -0.485 e. The summed E-state index contributed by atoms with van der Waals surface area (Å²) in [5.74, 6) is -0.324. The van der Waals surface area contributed by atoms with Crippen LogP contribution in [0.3, 0.4) is 0 Å². The van der Waals surface area contributed by atoms with Gasteiger partial charge in [-0.25, -0.2) is 4.39 Å². The van der Waals surface area contributed by atoms with E-state index in [0.29, 0.717) is 16.9 Å². The van der Waals surface area contributed by atoms with Crippen molar-refractivity contribution in [2.75, 3.05) is 0 Å². The number of aliphatic hydroxyl groups excluding tert-OH is 2. The zero-order chi connectivity index (χ0) is 19.1. The second-order valence-corrected chi connectivity index (χ2v) is 7.08. The predicted molar refractivity (Wildman–Crippen MR) is 94.4 cm³/mol. The largest absolute Gasteiger partial charge is 0.485 e. The van der Waals surface area contributed by atoms with Crippen LogP contribution in [-0.2, 0) is 0 Å². The normalized spacial score (nSPS) is 22.1. The van der Waals surface area contributed by atoms with Crippen LogP contribution in [0, 0.1) is 5.82 Å². The predicted octanol–water partition coefficient (Wildman–Crippen LogP) is 2.88. The summed E-state index contributed by atoms with van der Waals surface area (Å²) in [6.45, 7) is 5.11. The number of rotatable bonds is 3. The van der Waals surface area contributed by atoms with Crippen molar-refractivity contribution in [3.63, 3.8) is 0 Å². The minimum atomic E-state index is -1.01. The van der Waals surface area contributed by atoms with Crippen molar-refractivity contribution in [2.45, 2.75) is 44.6 Å². The summed E-state index contributed by atoms with van der Waals surface area (Å²) in [6, 6.07) is 9.64. The summed E-state index contributed by atoms with van der Waals surface area (Å²) in [5.41, 5.74) is 0.613. The molecule has 2 aromatic carbocycles. The van der Waals surface area contributed by atoms with E-state index in [1.165, 1.54) is 24.3 Å². The van der Waals surface area contributed by atoms with Crippen molar-refractivity contribution in [1.29, 1.82) is 0 Å². The fourth-order valence-corrected chi connectivity index (χ4v) is 3.06. The number of ether oxygens (including phenoxy) is 1. The van der Waals surface area contributed by atoms with Crippen LogP contribution in [0.25, 0.3) is 0 Å². The summed E-state index contributed by atoms with van der Waals surface area (Å²) >= 11 is 0. The van der Waals surface area contributed by atoms with E-state index in [1.807, 2.05) is 0 Å². The van der Waals surface area contributed by atoms with Gasteiger partial charge in [-0.2, -0.15) is 0 Å². The molecule has 3 atom stereocenters. The van der Waals surface area contributed by atoms with Gasteiger partial charge in [-0.05, 0) is 62.7 Å². The van der Waals surface area contributed by atoms with E-state index in [4.69, 9.17) is 4.74 Å². The second-order valence-electron chi connectivity index (χ2n) is 7.08. The van der Waals surface area contributed by atoms with E-state index < -0.39 is 35.6 Å². The molecule has 0 saturated heterocycles. The lowest BCUT2D eigenvalue weighted by Gasteiger charge is -2.42. The van der Waals surface area contributed by atoms with Crippen LogP contribution in [0.5, 0.6) is 5.75 Å². The summed E-state index contributed by atoms with van der Waals surface area (Å²) in [4.78, 5) is 12.6.